The fourth-order valence-corrected chi connectivity index (χ4v) is 3.99. The summed E-state index contributed by atoms with van der Waals surface area (Å²) >= 11 is 1.92. The first-order valence-corrected chi connectivity index (χ1v) is 8.25. The average molecular weight is 300 g/mol. The lowest BCUT2D eigenvalue weighted by Crippen LogP contribution is -2.39. The fourth-order valence-electron chi connectivity index (χ4n) is 2.60. The molecule has 0 amide bonds. The standard InChI is InChI=1S/C15H22F2N2S/c16-12-7-6-11(15(17)9-12)8-13(19-18)10-20-14-4-2-1-3-5-14/h6-7,9,13-14,19H,1-5,8,10,18H2. The molecule has 0 radical (unpaired) electrons. The van der Waals surface area contributed by atoms with Crippen molar-refractivity contribution >= 4 is 11.8 Å². The van der Waals surface area contributed by atoms with E-state index in [1.54, 1.807) is 0 Å². The molecule has 0 bridgehead atoms. The van der Waals surface area contributed by atoms with Crippen LogP contribution in [0.15, 0.2) is 18.2 Å². The third-order valence-electron chi connectivity index (χ3n) is 3.80. The molecule has 1 aliphatic carbocycles. The Morgan fingerprint density at radius 2 is 2.00 bits per heavy atom. The van der Waals surface area contributed by atoms with E-state index in [0.29, 0.717) is 17.2 Å². The van der Waals surface area contributed by atoms with Gasteiger partial charge in [0.2, 0.25) is 0 Å². The molecule has 1 aliphatic rings. The molecule has 1 fully saturated rings. The molecule has 0 saturated heterocycles. The molecule has 1 aromatic rings. The van der Waals surface area contributed by atoms with Gasteiger partial charge in [0, 0.05) is 23.1 Å². The Morgan fingerprint density at radius 3 is 2.65 bits per heavy atom. The lowest BCUT2D eigenvalue weighted by atomic mass is 10.0. The van der Waals surface area contributed by atoms with Crippen LogP contribution in [0.1, 0.15) is 37.7 Å². The average Bonchev–Trinajstić information content (AvgIpc) is 2.46. The molecule has 1 aromatic carbocycles. The zero-order chi connectivity index (χ0) is 14.4. The molecule has 1 saturated carbocycles. The first kappa shape index (κ1) is 15.7. The van der Waals surface area contributed by atoms with E-state index in [4.69, 9.17) is 5.84 Å². The largest absolute Gasteiger partial charge is 0.271 e. The van der Waals surface area contributed by atoms with Crippen molar-refractivity contribution in [1.29, 1.82) is 0 Å². The Labute approximate surface area is 123 Å². The number of hydrazine groups is 1. The predicted molar refractivity (Wildman–Crippen MR) is 80.5 cm³/mol. The fraction of sp³-hybridized carbons (Fsp3) is 0.600. The summed E-state index contributed by atoms with van der Waals surface area (Å²) in [6.45, 7) is 0. The van der Waals surface area contributed by atoms with Crippen LogP contribution in [0.4, 0.5) is 8.78 Å². The van der Waals surface area contributed by atoms with Gasteiger partial charge in [0.15, 0.2) is 0 Å². The van der Waals surface area contributed by atoms with Crippen LogP contribution in [0.5, 0.6) is 0 Å². The molecule has 2 rings (SSSR count). The van der Waals surface area contributed by atoms with E-state index in [9.17, 15) is 8.78 Å². The van der Waals surface area contributed by atoms with Gasteiger partial charge in [-0.3, -0.25) is 11.3 Å². The molecular formula is C15H22F2N2S. The Morgan fingerprint density at radius 1 is 1.25 bits per heavy atom. The highest BCUT2D eigenvalue weighted by Gasteiger charge is 2.17. The maximum Gasteiger partial charge on any atom is 0.129 e. The smallest absolute Gasteiger partial charge is 0.129 e. The Hall–Kier alpha value is -0.650. The van der Waals surface area contributed by atoms with Crippen LogP contribution in [0.3, 0.4) is 0 Å². The lowest BCUT2D eigenvalue weighted by molar-refractivity contribution is 0.511. The van der Waals surface area contributed by atoms with E-state index in [1.165, 1.54) is 44.2 Å². The number of halogens is 2. The molecule has 1 unspecified atom stereocenters. The molecule has 20 heavy (non-hydrogen) atoms. The molecule has 0 aromatic heterocycles. The van der Waals surface area contributed by atoms with Crippen LogP contribution < -0.4 is 11.3 Å². The third-order valence-corrected chi connectivity index (χ3v) is 5.34. The zero-order valence-corrected chi connectivity index (χ0v) is 12.4. The van der Waals surface area contributed by atoms with Gasteiger partial charge >= 0.3 is 0 Å². The van der Waals surface area contributed by atoms with Crippen LogP contribution in [0.2, 0.25) is 0 Å². The van der Waals surface area contributed by atoms with Gasteiger partial charge < -0.3 is 0 Å². The van der Waals surface area contributed by atoms with Crippen molar-refractivity contribution in [2.75, 3.05) is 5.75 Å². The van der Waals surface area contributed by atoms with E-state index in [2.05, 4.69) is 5.43 Å². The predicted octanol–water partition coefficient (Wildman–Crippen LogP) is 3.41. The topological polar surface area (TPSA) is 38.0 Å². The van der Waals surface area contributed by atoms with Crippen molar-refractivity contribution in [3.63, 3.8) is 0 Å². The monoisotopic (exact) mass is 300 g/mol. The second-order valence-electron chi connectivity index (χ2n) is 5.40. The van der Waals surface area contributed by atoms with Gasteiger partial charge in [0.1, 0.15) is 11.6 Å². The maximum atomic E-state index is 13.6. The summed E-state index contributed by atoms with van der Waals surface area (Å²) in [5.74, 6) is 5.38. The highest BCUT2D eigenvalue weighted by atomic mass is 32.2. The van der Waals surface area contributed by atoms with Crippen molar-refractivity contribution in [2.45, 2.75) is 49.8 Å². The molecule has 0 heterocycles. The van der Waals surface area contributed by atoms with E-state index in [0.717, 1.165) is 11.8 Å². The normalized spacial score (nSPS) is 18.1. The number of hydrogen-bond acceptors (Lipinski definition) is 3. The molecular weight excluding hydrogens is 278 g/mol. The summed E-state index contributed by atoms with van der Waals surface area (Å²) in [5.41, 5.74) is 3.26. The minimum absolute atomic E-state index is 0.0156. The van der Waals surface area contributed by atoms with Gasteiger partial charge in [-0.15, -0.1) is 0 Å². The second kappa shape index (κ2) is 7.96. The van der Waals surface area contributed by atoms with Gasteiger partial charge in [-0.25, -0.2) is 8.78 Å². The van der Waals surface area contributed by atoms with Gasteiger partial charge in [0.05, 0.1) is 0 Å². The van der Waals surface area contributed by atoms with Gasteiger partial charge in [-0.2, -0.15) is 11.8 Å². The minimum atomic E-state index is -0.542. The highest BCUT2D eigenvalue weighted by Crippen LogP contribution is 2.28. The molecule has 3 N–H and O–H groups in total. The quantitative estimate of drug-likeness (QED) is 0.624. The zero-order valence-electron chi connectivity index (χ0n) is 11.6. The van der Waals surface area contributed by atoms with Crippen LogP contribution in [0.25, 0.3) is 0 Å². The molecule has 112 valence electrons. The minimum Gasteiger partial charge on any atom is -0.271 e. The summed E-state index contributed by atoms with van der Waals surface area (Å²) in [6, 6.07) is 3.74. The number of benzene rings is 1. The summed E-state index contributed by atoms with van der Waals surface area (Å²) in [7, 11) is 0. The lowest BCUT2D eigenvalue weighted by Gasteiger charge is -2.23. The van der Waals surface area contributed by atoms with Crippen LogP contribution in [-0.4, -0.2) is 17.0 Å². The summed E-state index contributed by atoms with van der Waals surface area (Å²) in [6.07, 6.45) is 6.99. The van der Waals surface area contributed by atoms with Crippen molar-refractivity contribution in [3.8, 4) is 0 Å². The van der Waals surface area contributed by atoms with E-state index in [-0.39, 0.29) is 6.04 Å². The summed E-state index contributed by atoms with van der Waals surface area (Å²) in [4.78, 5) is 0. The number of nitrogens with two attached hydrogens (primary N) is 1. The first-order valence-electron chi connectivity index (χ1n) is 7.20. The van der Waals surface area contributed by atoms with Gasteiger partial charge in [-0.05, 0) is 30.9 Å². The highest BCUT2D eigenvalue weighted by molar-refractivity contribution is 7.99. The SMILES string of the molecule is NNC(CSC1CCCCC1)Cc1ccc(F)cc1F. The number of nitrogens with one attached hydrogen (secondary N) is 1. The van der Waals surface area contributed by atoms with Crippen molar-refractivity contribution < 1.29 is 8.78 Å². The molecule has 1 atom stereocenters. The van der Waals surface area contributed by atoms with Crippen LogP contribution in [0, 0.1) is 11.6 Å². The van der Waals surface area contributed by atoms with Crippen LogP contribution >= 0.6 is 11.8 Å². The summed E-state index contributed by atoms with van der Waals surface area (Å²) in [5, 5.41) is 0.706. The Kier molecular flexibility index (Phi) is 6.26. The third kappa shape index (κ3) is 4.72. The van der Waals surface area contributed by atoms with Crippen molar-refractivity contribution in [2.24, 2.45) is 5.84 Å². The molecule has 0 aliphatic heterocycles. The van der Waals surface area contributed by atoms with Crippen molar-refractivity contribution in [1.82, 2.24) is 5.43 Å². The number of hydrogen-bond donors (Lipinski definition) is 2. The van der Waals surface area contributed by atoms with E-state index < -0.39 is 11.6 Å². The summed E-state index contributed by atoms with van der Waals surface area (Å²) < 4.78 is 26.5. The first-order chi connectivity index (χ1) is 9.69. The Balaban J connectivity index is 1.84. The molecule has 2 nitrogen and oxygen atoms in total. The molecule has 5 heteroatoms. The second-order valence-corrected chi connectivity index (χ2v) is 6.73. The Bertz CT molecular complexity index is 422. The van der Waals surface area contributed by atoms with Crippen LogP contribution in [-0.2, 0) is 6.42 Å². The maximum absolute atomic E-state index is 13.6. The van der Waals surface area contributed by atoms with E-state index >= 15 is 0 Å². The van der Waals surface area contributed by atoms with E-state index in [1.807, 2.05) is 11.8 Å². The molecule has 0 spiro atoms. The number of rotatable bonds is 6. The van der Waals surface area contributed by atoms with Gasteiger partial charge in [0.25, 0.3) is 0 Å². The van der Waals surface area contributed by atoms with Gasteiger partial charge in [-0.1, -0.05) is 25.3 Å². The van der Waals surface area contributed by atoms with Crippen molar-refractivity contribution in [3.05, 3.63) is 35.4 Å². The number of thioether (sulfide) groups is 1.